The number of aliphatic hydroxyl groups is 1. The third kappa shape index (κ3) is 2.70. The molecule has 2 amide bonds. The maximum Gasteiger partial charge on any atom is 0.232 e. The summed E-state index contributed by atoms with van der Waals surface area (Å²) in [4.78, 5) is 24.1. The minimum Gasteiger partial charge on any atom is -0.392 e. The van der Waals surface area contributed by atoms with Crippen molar-refractivity contribution < 1.29 is 14.7 Å². The summed E-state index contributed by atoms with van der Waals surface area (Å²) >= 11 is 0. The van der Waals surface area contributed by atoms with E-state index in [0.717, 1.165) is 0 Å². The monoisotopic (exact) mass is 200 g/mol. The van der Waals surface area contributed by atoms with Crippen LogP contribution < -0.4 is 5.32 Å². The van der Waals surface area contributed by atoms with Crippen LogP contribution in [0, 0.1) is 0 Å². The Hall–Kier alpha value is -1.10. The molecule has 1 rings (SSSR count). The van der Waals surface area contributed by atoms with Crippen molar-refractivity contribution in [3.63, 3.8) is 0 Å². The predicted octanol–water partition coefficient (Wildman–Crippen LogP) is -0.896. The molecule has 5 heteroatoms. The number of nitrogens with one attached hydrogen (secondary N) is 1. The standard InChI is InChI=1S/C9H16N2O3/c1-6-4-10-8(13)3-9(14)11(6)5-7(2)12/h6-7,12H,3-5H2,1-2H3,(H,10,13). The van der Waals surface area contributed by atoms with Crippen molar-refractivity contribution in [3.05, 3.63) is 0 Å². The molecular formula is C9H16N2O3. The largest absolute Gasteiger partial charge is 0.392 e. The van der Waals surface area contributed by atoms with Gasteiger partial charge in [-0.2, -0.15) is 0 Å². The summed E-state index contributed by atoms with van der Waals surface area (Å²) in [5, 5.41) is 11.8. The summed E-state index contributed by atoms with van der Waals surface area (Å²) in [5.74, 6) is -0.455. The van der Waals surface area contributed by atoms with Gasteiger partial charge in [-0.25, -0.2) is 0 Å². The maximum absolute atomic E-state index is 11.5. The Morgan fingerprint density at radius 3 is 2.86 bits per heavy atom. The highest BCUT2D eigenvalue weighted by Crippen LogP contribution is 2.06. The van der Waals surface area contributed by atoms with Gasteiger partial charge in [0, 0.05) is 19.1 Å². The lowest BCUT2D eigenvalue weighted by Crippen LogP contribution is -2.43. The Morgan fingerprint density at radius 1 is 1.64 bits per heavy atom. The van der Waals surface area contributed by atoms with E-state index in [2.05, 4.69) is 5.32 Å². The fourth-order valence-corrected chi connectivity index (χ4v) is 1.49. The van der Waals surface area contributed by atoms with Gasteiger partial charge in [0.05, 0.1) is 6.10 Å². The Morgan fingerprint density at radius 2 is 2.29 bits per heavy atom. The molecule has 1 aliphatic heterocycles. The molecule has 1 aliphatic rings. The van der Waals surface area contributed by atoms with Crippen LogP contribution >= 0.6 is 0 Å². The van der Waals surface area contributed by atoms with Gasteiger partial charge in [-0.3, -0.25) is 9.59 Å². The highest BCUT2D eigenvalue weighted by Gasteiger charge is 2.26. The summed E-state index contributed by atoms with van der Waals surface area (Å²) in [6, 6.07) is -0.0523. The molecule has 0 aromatic carbocycles. The van der Waals surface area contributed by atoms with Gasteiger partial charge in [0.2, 0.25) is 11.8 Å². The highest BCUT2D eigenvalue weighted by atomic mass is 16.3. The molecule has 0 aliphatic carbocycles. The second-order valence-electron chi connectivity index (χ2n) is 3.72. The van der Waals surface area contributed by atoms with Gasteiger partial charge in [-0.1, -0.05) is 0 Å². The van der Waals surface area contributed by atoms with Crippen LogP contribution in [0.1, 0.15) is 20.3 Å². The maximum atomic E-state index is 11.5. The molecule has 0 spiro atoms. The first kappa shape index (κ1) is 11.0. The van der Waals surface area contributed by atoms with Gasteiger partial charge in [0.25, 0.3) is 0 Å². The third-order valence-electron chi connectivity index (χ3n) is 2.22. The smallest absolute Gasteiger partial charge is 0.232 e. The minimum atomic E-state index is -0.561. The Balaban J connectivity index is 2.68. The Bertz CT molecular complexity index is 240. The second-order valence-corrected chi connectivity index (χ2v) is 3.72. The minimum absolute atomic E-state index is 0.0523. The van der Waals surface area contributed by atoms with E-state index in [9.17, 15) is 14.7 Å². The molecule has 0 aromatic rings. The second kappa shape index (κ2) is 4.41. The van der Waals surface area contributed by atoms with Crippen LogP contribution in [0.2, 0.25) is 0 Å². The molecule has 0 bridgehead atoms. The van der Waals surface area contributed by atoms with E-state index < -0.39 is 6.10 Å². The lowest BCUT2D eigenvalue weighted by atomic mass is 10.2. The average Bonchev–Trinajstić information content (AvgIpc) is 2.18. The lowest BCUT2D eigenvalue weighted by Gasteiger charge is -2.27. The van der Waals surface area contributed by atoms with Crippen LogP contribution in [0.4, 0.5) is 0 Å². The molecule has 1 fully saturated rings. The van der Waals surface area contributed by atoms with Crippen molar-refractivity contribution in [2.75, 3.05) is 13.1 Å². The molecular weight excluding hydrogens is 184 g/mol. The van der Waals surface area contributed by atoms with Gasteiger partial charge in [-0.05, 0) is 13.8 Å². The van der Waals surface area contributed by atoms with Crippen LogP contribution in [-0.2, 0) is 9.59 Å². The Labute approximate surface area is 83.1 Å². The molecule has 2 atom stereocenters. The first-order valence-corrected chi connectivity index (χ1v) is 4.75. The number of rotatable bonds is 2. The van der Waals surface area contributed by atoms with Gasteiger partial charge in [-0.15, -0.1) is 0 Å². The molecule has 1 heterocycles. The van der Waals surface area contributed by atoms with E-state index in [0.29, 0.717) is 6.54 Å². The van der Waals surface area contributed by atoms with E-state index in [-0.39, 0.29) is 30.8 Å². The zero-order chi connectivity index (χ0) is 10.7. The molecule has 0 aromatic heterocycles. The fourth-order valence-electron chi connectivity index (χ4n) is 1.49. The van der Waals surface area contributed by atoms with E-state index in [4.69, 9.17) is 0 Å². The number of hydrogen-bond donors (Lipinski definition) is 2. The fraction of sp³-hybridized carbons (Fsp3) is 0.778. The zero-order valence-corrected chi connectivity index (χ0v) is 8.49. The molecule has 0 saturated carbocycles. The van der Waals surface area contributed by atoms with Crippen molar-refractivity contribution in [3.8, 4) is 0 Å². The number of aliphatic hydroxyl groups excluding tert-OH is 1. The zero-order valence-electron chi connectivity index (χ0n) is 8.49. The quantitative estimate of drug-likeness (QED) is 0.568. The number of carbonyl (C=O) groups excluding carboxylic acids is 2. The van der Waals surface area contributed by atoms with Crippen molar-refractivity contribution in [1.82, 2.24) is 10.2 Å². The van der Waals surface area contributed by atoms with Crippen LogP contribution in [0.3, 0.4) is 0 Å². The third-order valence-corrected chi connectivity index (χ3v) is 2.22. The van der Waals surface area contributed by atoms with Crippen LogP contribution in [0.15, 0.2) is 0 Å². The average molecular weight is 200 g/mol. The number of carbonyl (C=O) groups is 2. The van der Waals surface area contributed by atoms with Crippen molar-refractivity contribution in [2.24, 2.45) is 0 Å². The molecule has 2 N–H and O–H groups in total. The van der Waals surface area contributed by atoms with Gasteiger partial charge in [0.15, 0.2) is 0 Å². The number of amides is 2. The van der Waals surface area contributed by atoms with Gasteiger partial charge >= 0.3 is 0 Å². The van der Waals surface area contributed by atoms with Crippen molar-refractivity contribution in [1.29, 1.82) is 0 Å². The van der Waals surface area contributed by atoms with Crippen LogP contribution in [0.25, 0.3) is 0 Å². The molecule has 1 saturated heterocycles. The summed E-state index contributed by atoms with van der Waals surface area (Å²) < 4.78 is 0. The van der Waals surface area contributed by atoms with E-state index in [1.165, 1.54) is 0 Å². The first-order valence-electron chi connectivity index (χ1n) is 4.75. The molecule has 5 nitrogen and oxygen atoms in total. The highest BCUT2D eigenvalue weighted by molar-refractivity contribution is 5.97. The van der Waals surface area contributed by atoms with Crippen LogP contribution in [0.5, 0.6) is 0 Å². The SMILES string of the molecule is CC(O)CN1C(=O)CC(=O)NCC1C. The normalized spacial score (nSPS) is 25.6. The van der Waals surface area contributed by atoms with E-state index >= 15 is 0 Å². The van der Waals surface area contributed by atoms with E-state index in [1.54, 1.807) is 11.8 Å². The molecule has 14 heavy (non-hydrogen) atoms. The topological polar surface area (TPSA) is 69.6 Å². The molecule has 2 unspecified atom stereocenters. The van der Waals surface area contributed by atoms with Crippen LogP contribution in [-0.4, -0.2) is 47.1 Å². The predicted molar refractivity (Wildman–Crippen MR) is 50.5 cm³/mol. The first-order chi connectivity index (χ1) is 6.50. The number of nitrogens with zero attached hydrogens (tertiary/aromatic N) is 1. The van der Waals surface area contributed by atoms with E-state index in [1.807, 2.05) is 6.92 Å². The molecule has 80 valence electrons. The summed E-state index contributed by atoms with van der Waals surface area (Å²) in [6.45, 7) is 4.22. The van der Waals surface area contributed by atoms with Crippen molar-refractivity contribution in [2.45, 2.75) is 32.4 Å². The molecule has 0 radical (unpaired) electrons. The van der Waals surface area contributed by atoms with Gasteiger partial charge in [0.1, 0.15) is 6.42 Å². The summed E-state index contributed by atoms with van der Waals surface area (Å²) in [6.07, 6.45) is -0.675. The summed E-state index contributed by atoms with van der Waals surface area (Å²) in [7, 11) is 0. The van der Waals surface area contributed by atoms with Gasteiger partial charge < -0.3 is 15.3 Å². The lowest BCUT2D eigenvalue weighted by molar-refractivity contribution is -0.136. The Kier molecular flexibility index (Phi) is 3.46. The van der Waals surface area contributed by atoms with Crippen molar-refractivity contribution >= 4 is 11.8 Å². The number of hydrogen-bond acceptors (Lipinski definition) is 3. The summed E-state index contributed by atoms with van der Waals surface area (Å²) in [5.41, 5.74) is 0. The number of β-amino-alcohol motifs (C(OH)–C–C–N with tert-alkyl or cyclic N) is 1.